The van der Waals surface area contributed by atoms with Gasteiger partial charge in [0, 0.05) is 11.9 Å². The van der Waals surface area contributed by atoms with Crippen LogP contribution in [0.4, 0.5) is 0 Å². The summed E-state index contributed by atoms with van der Waals surface area (Å²) in [5.41, 5.74) is 3.91. The van der Waals surface area contributed by atoms with Gasteiger partial charge in [-0.2, -0.15) is 0 Å². The van der Waals surface area contributed by atoms with Crippen molar-refractivity contribution in [1.29, 1.82) is 0 Å². The number of hydrogen-bond acceptors (Lipinski definition) is 2. The third-order valence-corrected chi connectivity index (χ3v) is 5.06. The highest BCUT2D eigenvalue weighted by Crippen LogP contribution is 2.15. The van der Waals surface area contributed by atoms with Gasteiger partial charge in [0.05, 0.1) is 6.61 Å². The molecule has 0 atom stereocenters. The maximum Gasteiger partial charge on any atom is 0.119 e. The van der Waals surface area contributed by atoms with Crippen LogP contribution in [0.5, 0.6) is 5.75 Å². The fraction of sp³-hybridized carbons (Fsp3) is 0.560. The van der Waals surface area contributed by atoms with Gasteiger partial charge in [0.15, 0.2) is 0 Å². The molecule has 0 unspecified atom stereocenters. The molecule has 1 heterocycles. The molecule has 0 aliphatic heterocycles. The Hall–Kier alpha value is -1.83. The number of hydrogen-bond donors (Lipinski definition) is 0. The fourth-order valence-electron chi connectivity index (χ4n) is 3.22. The summed E-state index contributed by atoms with van der Waals surface area (Å²) in [5, 5.41) is 0. The van der Waals surface area contributed by atoms with E-state index >= 15 is 0 Å². The molecule has 0 aliphatic carbocycles. The number of pyridine rings is 1. The summed E-state index contributed by atoms with van der Waals surface area (Å²) in [7, 11) is 0. The summed E-state index contributed by atoms with van der Waals surface area (Å²) in [6, 6.07) is 13.0. The van der Waals surface area contributed by atoms with Gasteiger partial charge in [-0.3, -0.25) is 4.98 Å². The van der Waals surface area contributed by atoms with Gasteiger partial charge < -0.3 is 4.74 Å². The molecule has 148 valence electrons. The van der Waals surface area contributed by atoms with Crippen molar-refractivity contribution in [3.63, 3.8) is 0 Å². The van der Waals surface area contributed by atoms with Crippen LogP contribution >= 0.6 is 0 Å². The molecule has 2 rings (SSSR count). The number of aromatic nitrogens is 1. The van der Waals surface area contributed by atoms with Crippen LogP contribution in [0.3, 0.4) is 0 Å². The van der Waals surface area contributed by atoms with Crippen LogP contribution in [0.25, 0.3) is 0 Å². The Balaban J connectivity index is 1.67. The molecule has 1 aromatic heterocycles. The number of benzene rings is 1. The Kier molecular flexibility index (Phi) is 10.6. The quantitative estimate of drug-likeness (QED) is 0.337. The highest BCUT2D eigenvalue weighted by atomic mass is 16.5. The SMILES string of the molecule is CCCCCCCCc1ccc(CCc2ccc(OCCCC)cc2)nc1. The number of nitrogens with zero attached hydrogens (tertiary/aromatic N) is 1. The average Bonchev–Trinajstić information content (AvgIpc) is 2.71. The monoisotopic (exact) mass is 367 g/mol. The summed E-state index contributed by atoms with van der Waals surface area (Å²) in [6.45, 7) is 5.26. The molecular weight excluding hydrogens is 330 g/mol. The fourth-order valence-corrected chi connectivity index (χ4v) is 3.22. The second kappa shape index (κ2) is 13.4. The maximum atomic E-state index is 5.72. The van der Waals surface area contributed by atoms with Crippen LogP contribution in [-0.4, -0.2) is 11.6 Å². The molecule has 27 heavy (non-hydrogen) atoms. The Morgan fingerprint density at radius 1 is 0.667 bits per heavy atom. The van der Waals surface area contributed by atoms with E-state index in [4.69, 9.17) is 4.74 Å². The lowest BCUT2D eigenvalue weighted by Crippen LogP contribution is -1.98. The normalized spacial score (nSPS) is 10.9. The first-order chi connectivity index (χ1) is 13.3. The van der Waals surface area contributed by atoms with Crippen LogP contribution in [0.1, 0.15) is 82.0 Å². The first-order valence-corrected chi connectivity index (χ1v) is 11.0. The van der Waals surface area contributed by atoms with E-state index in [0.717, 1.165) is 31.6 Å². The molecule has 0 saturated heterocycles. The van der Waals surface area contributed by atoms with Gasteiger partial charge in [0.25, 0.3) is 0 Å². The van der Waals surface area contributed by atoms with Crippen molar-refractivity contribution in [3.8, 4) is 5.75 Å². The van der Waals surface area contributed by atoms with Gasteiger partial charge in [0.2, 0.25) is 0 Å². The zero-order chi connectivity index (χ0) is 19.2. The lowest BCUT2D eigenvalue weighted by atomic mass is 10.0. The molecule has 1 aromatic carbocycles. The Bertz CT molecular complexity index is 603. The maximum absolute atomic E-state index is 5.72. The minimum atomic E-state index is 0.810. The first-order valence-electron chi connectivity index (χ1n) is 11.0. The zero-order valence-electron chi connectivity index (χ0n) is 17.4. The van der Waals surface area contributed by atoms with Crippen molar-refractivity contribution in [1.82, 2.24) is 4.98 Å². The van der Waals surface area contributed by atoms with Crippen molar-refractivity contribution in [2.45, 2.75) is 84.5 Å². The third-order valence-electron chi connectivity index (χ3n) is 5.06. The third kappa shape index (κ3) is 9.08. The highest BCUT2D eigenvalue weighted by molar-refractivity contribution is 5.28. The second-order valence-corrected chi connectivity index (χ2v) is 7.52. The Morgan fingerprint density at radius 2 is 1.37 bits per heavy atom. The molecule has 2 aromatic rings. The van der Waals surface area contributed by atoms with Gasteiger partial charge in [-0.25, -0.2) is 0 Å². The Labute approximate surface area is 166 Å². The molecule has 0 N–H and O–H groups in total. The van der Waals surface area contributed by atoms with Gasteiger partial charge in [-0.1, -0.05) is 70.6 Å². The van der Waals surface area contributed by atoms with E-state index in [1.54, 1.807) is 0 Å². The predicted molar refractivity (Wildman–Crippen MR) is 116 cm³/mol. The van der Waals surface area contributed by atoms with Crippen LogP contribution in [-0.2, 0) is 19.3 Å². The van der Waals surface area contributed by atoms with E-state index in [-0.39, 0.29) is 0 Å². The molecule has 2 nitrogen and oxygen atoms in total. The van der Waals surface area contributed by atoms with Crippen molar-refractivity contribution in [3.05, 3.63) is 59.4 Å². The molecule has 0 bridgehead atoms. The van der Waals surface area contributed by atoms with E-state index < -0.39 is 0 Å². The van der Waals surface area contributed by atoms with Gasteiger partial charge in [-0.05, 0) is 61.4 Å². The van der Waals surface area contributed by atoms with Gasteiger partial charge in [0.1, 0.15) is 5.75 Å². The second-order valence-electron chi connectivity index (χ2n) is 7.52. The smallest absolute Gasteiger partial charge is 0.119 e. The molecule has 2 heteroatoms. The minimum Gasteiger partial charge on any atom is -0.494 e. The molecule has 0 fully saturated rings. The first kappa shape index (κ1) is 21.5. The van der Waals surface area contributed by atoms with Crippen LogP contribution in [0, 0.1) is 0 Å². The van der Waals surface area contributed by atoms with Crippen LogP contribution in [0.15, 0.2) is 42.6 Å². The average molecular weight is 368 g/mol. The lowest BCUT2D eigenvalue weighted by molar-refractivity contribution is 0.309. The number of unbranched alkanes of at least 4 members (excludes halogenated alkanes) is 6. The largest absolute Gasteiger partial charge is 0.494 e. The summed E-state index contributed by atoms with van der Waals surface area (Å²) < 4.78 is 5.72. The van der Waals surface area contributed by atoms with Crippen molar-refractivity contribution in [2.24, 2.45) is 0 Å². The molecule has 0 aliphatic rings. The molecule has 0 saturated carbocycles. The standard InChI is InChI=1S/C25H37NO/c1-3-5-7-8-9-10-11-23-13-17-24(26-21-23)16-12-22-14-18-25(19-15-22)27-20-6-4-2/h13-15,17-19,21H,3-12,16,20H2,1-2H3. The number of ether oxygens (including phenoxy) is 1. The van der Waals surface area contributed by atoms with Crippen molar-refractivity contribution in [2.75, 3.05) is 6.61 Å². The summed E-state index contributed by atoms with van der Waals surface area (Å²) >= 11 is 0. The van der Waals surface area contributed by atoms with Crippen molar-refractivity contribution < 1.29 is 4.74 Å². The molecule has 0 spiro atoms. The summed E-state index contributed by atoms with van der Waals surface area (Å²) in [6.07, 6.45) is 15.6. The van der Waals surface area contributed by atoms with E-state index in [9.17, 15) is 0 Å². The highest BCUT2D eigenvalue weighted by Gasteiger charge is 2.00. The lowest BCUT2D eigenvalue weighted by Gasteiger charge is -2.07. The van der Waals surface area contributed by atoms with Gasteiger partial charge >= 0.3 is 0 Å². The number of rotatable bonds is 14. The number of aryl methyl sites for hydroxylation is 3. The molecule has 0 radical (unpaired) electrons. The molecular formula is C25H37NO. The van der Waals surface area contributed by atoms with E-state index in [1.807, 2.05) is 0 Å². The minimum absolute atomic E-state index is 0.810. The Morgan fingerprint density at radius 3 is 2.07 bits per heavy atom. The van der Waals surface area contributed by atoms with Crippen molar-refractivity contribution >= 4 is 0 Å². The van der Waals surface area contributed by atoms with Crippen LogP contribution < -0.4 is 4.74 Å². The van der Waals surface area contributed by atoms with Crippen LogP contribution in [0.2, 0.25) is 0 Å². The van der Waals surface area contributed by atoms with E-state index in [1.165, 1.54) is 68.2 Å². The topological polar surface area (TPSA) is 22.1 Å². The van der Waals surface area contributed by atoms with E-state index in [0.29, 0.717) is 0 Å². The van der Waals surface area contributed by atoms with Gasteiger partial charge in [-0.15, -0.1) is 0 Å². The van der Waals surface area contributed by atoms with E-state index in [2.05, 4.69) is 61.4 Å². The summed E-state index contributed by atoms with van der Waals surface area (Å²) in [5.74, 6) is 0.976. The zero-order valence-corrected chi connectivity index (χ0v) is 17.4. The summed E-state index contributed by atoms with van der Waals surface area (Å²) in [4.78, 5) is 4.66. The molecule has 0 amide bonds. The predicted octanol–water partition coefficient (Wildman–Crippen LogP) is 6.95.